The van der Waals surface area contributed by atoms with Crippen molar-refractivity contribution in [2.75, 3.05) is 6.61 Å². The molecule has 1 saturated carbocycles. The number of rotatable bonds is 6. The standard InChI is InChI=1S/C26H34O/c1-3-8-22-13-15-25(16-14-22)26(27-21-4-2)19-17-24(18-20-26)12-11-23-9-6-5-7-10-23/h5-7,9-10,17-19,22,25H,3-4,8,13-16,20-21H2,1-2H3/t22-,25-,26?. The molecule has 0 aromatic heterocycles. The van der Waals surface area contributed by atoms with E-state index in [1.165, 1.54) is 38.5 Å². The summed E-state index contributed by atoms with van der Waals surface area (Å²) >= 11 is 0. The molecule has 1 heteroatoms. The normalized spacial score (nSPS) is 27.6. The molecule has 0 bridgehead atoms. The van der Waals surface area contributed by atoms with Gasteiger partial charge in [0.25, 0.3) is 0 Å². The van der Waals surface area contributed by atoms with Crippen molar-refractivity contribution in [3.8, 4) is 11.8 Å². The van der Waals surface area contributed by atoms with E-state index in [0.717, 1.165) is 36.5 Å². The molecule has 2 aliphatic rings. The summed E-state index contributed by atoms with van der Waals surface area (Å²) in [6.45, 7) is 5.35. The minimum atomic E-state index is -0.106. The van der Waals surface area contributed by atoms with Crippen LogP contribution in [0.15, 0.2) is 54.1 Å². The van der Waals surface area contributed by atoms with E-state index in [1.54, 1.807) is 0 Å². The molecule has 0 aliphatic heterocycles. The van der Waals surface area contributed by atoms with Gasteiger partial charge in [0.05, 0.1) is 5.60 Å². The van der Waals surface area contributed by atoms with Gasteiger partial charge in [-0.15, -0.1) is 0 Å². The summed E-state index contributed by atoms with van der Waals surface area (Å²) in [5.41, 5.74) is 2.08. The Hall–Kier alpha value is -1.78. The van der Waals surface area contributed by atoms with E-state index < -0.39 is 0 Å². The van der Waals surface area contributed by atoms with Gasteiger partial charge in [-0.05, 0) is 55.7 Å². The van der Waals surface area contributed by atoms with Gasteiger partial charge in [0.15, 0.2) is 0 Å². The van der Waals surface area contributed by atoms with E-state index in [1.807, 2.05) is 18.2 Å². The highest BCUT2D eigenvalue weighted by Crippen LogP contribution is 2.43. The molecular weight excluding hydrogens is 328 g/mol. The van der Waals surface area contributed by atoms with Crippen LogP contribution in [0.4, 0.5) is 0 Å². The van der Waals surface area contributed by atoms with Crippen LogP contribution in [-0.2, 0) is 4.74 Å². The molecule has 27 heavy (non-hydrogen) atoms. The minimum absolute atomic E-state index is 0.106. The van der Waals surface area contributed by atoms with Crippen LogP contribution in [0, 0.1) is 23.7 Å². The maximum Gasteiger partial charge on any atom is 0.0928 e. The van der Waals surface area contributed by atoms with Gasteiger partial charge < -0.3 is 4.74 Å². The van der Waals surface area contributed by atoms with Crippen LogP contribution in [0.25, 0.3) is 0 Å². The first-order valence-corrected chi connectivity index (χ1v) is 10.9. The van der Waals surface area contributed by atoms with E-state index in [4.69, 9.17) is 4.74 Å². The zero-order valence-electron chi connectivity index (χ0n) is 17.0. The highest BCUT2D eigenvalue weighted by atomic mass is 16.5. The van der Waals surface area contributed by atoms with E-state index in [0.29, 0.717) is 5.92 Å². The summed E-state index contributed by atoms with van der Waals surface area (Å²) in [6.07, 6.45) is 16.9. The predicted octanol–water partition coefficient (Wildman–Crippen LogP) is 6.70. The molecule has 1 aromatic rings. The first kappa shape index (κ1) is 20.0. The van der Waals surface area contributed by atoms with Crippen LogP contribution in [0.1, 0.15) is 70.8 Å². The van der Waals surface area contributed by atoms with E-state index in [2.05, 4.69) is 56.0 Å². The lowest BCUT2D eigenvalue weighted by atomic mass is 9.70. The van der Waals surface area contributed by atoms with Crippen LogP contribution < -0.4 is 0 Å². The molecule has 3 rings (SSSR count). The second kappa shape index (κ2) is 9.95. The second-order valence-electron chi connectivity index (χ2n) is 8.12. The van der Waals surface area contributed by atoms with Crippen molar-refractivity contribution in [3.63, 3.8) is 0 Å². The SMILES string of the molecule is CCCOC1([C@H]2CC[C@H](CCC)CC2)C=CC(C#Cc2ccccc2)=CC1. The van der Waals surface area contributed by atoms with E-state index in [9.17, 15) is 0 Å². The second-order valence-corrected chi connectivity index (χ2v) is 8.12. The molecule has 1 unspecified atom stereocenters. The van der Waals surface area contributed by atoms with Crippen molar-refractivity contribution < 1.29 is 4.74 Å². The summed E-state index contributed by atoms with van der Waals surface area (Å²) in [5.74, 6) is 8.18. The molecule has 2 aliphatic carbocycles. The Labute approximate surface area is 165 Å². The van der Waals surface area contributed by atoms with Gasteiger partial charge in [-0.25, -0.2) is 0 Å². The molecule has 144 valence electrons. The fraction of sp³-hybridized carbons (Fsp3) is 0.538. The average Bonchev–Trinajstić information content (AvgIpc) is 2.73. The fourth-order valence-corrected chi connectivity index (χ4v) is 4.56. The maximum absolute atomic E-state index is 6.49. The number of hydrogen-bond acceptors (Lipinski definition) is 1. The fourth-order valence-electron chi connectivity index (χ4n) is 4.56. The van der Waals surface area contributed by atoms with Crippen molar-refractivity contribution in [1.82, 2.24) is 0 Å². The summed E-state index contributed by atoms with van der Waals surface area (Å²) in [4.78, 5) is 0. The molecule has 1 fully saturated rings. The Kier molecular flexibility index (Phi) is 7.36. The van der Waals surface area contributed by atoms with Gasteiger partial charge in [0.2, 0.25) is 0 Å². The summed E-state index contributed by atoms with van der Waals surface area (Å²) in [5, 5.41) is 0. The lowest BCUT2D eigenvalue weighted by Crippen LogP contribution is -2.42. The molecule has 0 heterocycles. The summed E-state index contributed by atoms with van der Waals surface area (Å²) < 4.78 is 6.49. The Morgan fingerprint density at radius 1 is 1.00 bits per heavy atom. The molecular formula is C26H34O. The third-order valence-electron chi connectivity index (χ3n) is 6.12. The topological polar surface area (TPSA) is 9.23 Å². The van der Waals surface area contributed by atoms with Crippen LogP contribution in [0.3, 0.4) is 0 Å². The molecule has 0 saturated heterocycles. The minimum Gasteiger partial charge on any atom is -0.370 e. The Bertz CT molecular complexity index is 695. The van der Waals surface area contributed by atoms with Crippen LogP contribution in [0.2, 0.25) is 0 Å². The lowest BCUT2D eigenvalue weighted by Gasteiger charge is -2.43. The number of benzene rings is 1. The molecule has 0 spiro atoms. The molecule has 1 nitrogen and oxygen atoms in total. The van der Waals surface area contributed by atoms with Crippen molar-refractivity contribution in [2.45, 2.75) is 70.8 Å². The molecule has 0 N–H and O–H groups in total. The average molecular weight is 363 g/mol. The van der Waals surface area contributed by atoms with E-state index in [-0.39, 0.29) is 5.60 Å². The maximum atomic E-state index is 6.49. The first-order valence-electron chi connectivity index (χ1n) is 10.9. The van der Waals surface area contributed by atoms with Gasteiger partial charge in [-0.1, -0.05) is 81.7 Å². The zero-order valence-corrected chi connectivity index (χ0v) is 17.0. The predicted molar refractivity (Wildman–Crippen MR) is 114 cm³/mol. The largest absolute Gasteiger partial charge is 0.370 e. The van der Waals surface area contributed by atoms with Crippen LogP contribution >= 0.6 is 0 Å². The molecule has 0 radical (unpaired) electrons. The molecule has 0 amide bonds. The third-order valence-corrected chi connectivity index (χ3v) is 6.12. The van der Waals surface area contributed by atoms with Gasteiger partial charge in [-0.3, -0.25) is 0 Å². The molecule has 1 aromatic carbocycles. The Morgan fingerprint density at radius 2 is 1.78 bits per heavy atom. The Morgan fingerprint density at radius 3 is 2.41 bits per heavy atom. The van der Waals surface area contributed by atoms with Gasteiger partial charge in [0.1, 0.15) is 0 Å². The van der Waals surface area contributed by atoms with Crippen molar-refractivity contribution in [3.05, 3.63) is 59.7 Å². The third kappa shape index (κ3) is 5.36. The molecule has 1 atom stereocenters. The zero-order chi connectivity index (χ0) is 19.0. The first-order chi connectivity index (χ1) is 13.3. The highest BCUT2D eigenvalue weighted by Gasteiger charge is 2.39. The number of allylic oxidation sites excluding steroid dienone is 2. The van der Waals surface area contributed by atoms with Crippen molar-refractivity contribution >= 4 is 0 Å². The van der Waals surface area contributed by atoms with Gasteiger partial charge >= 0.3 is 0 Å². The van der Waals surface area contributed by atoms with Gasteiger partial charge in [-0.2, -0.15) is 0 Å². The monoisotopic (exact) mass is 362 g/mol. The lowest BCUT2D eigenvalue weighted by molar-refractivity contribution is -0.0636. The van der Waals surface area contributed by atoms with Crippen LogP contribution in [0.5, 0.6) is 0 Å². The van der Waals surface area contributed by atoms with Gasteiger partial charge in [0, 0.05) is 17.7 Å². The summed E-state index contributed by atoms with van der Waals surface area (Å²) in [6, 6.07) is 10.2. The van der Waals surface area contributed by atoms with E-state index >= 15 is 0 Å². The number of hydrogen-bond donors (Lipinski definition) is 0. The van der Waals surface area contributed by atoms with Crippen molar-refractivity contribution in [1.29, 1.82) is 0 Å². The highest BCUT2D eigenvalue weighted by molar-refractivity contribution is 5.47. The quantitative estimate of drug-likeness (QED) is 0.512. The van der Waals surface area contributed by atoms with Crippen molar-refractivity contribution in [2.24, 2.45) is 11.8 Å². The Balaban J connectivity index is 1.68. The summed E-state index contributed by atoms with van der Waals surface area (Å²) in [7, 11) is 0. The smallest absolute Gasteiger partial charge is 0.0928 e. The number of ether oxygens (including phenoxy) is 1. The van der Waals surface area contributed by atoms with Crippen LogP contribution in [-0.4, -0.2) is 12.2 Å².